The lowest BCUT2D eigenvalue weighted by Crippen LogP contribution is -2.42. The molecule has 0 radical (unpaired) electrons. The zero-order valence-corrected chi connectivity index (χ0v) is 16.2. The number of carbonyl (C=O) groups is 3. The first kappa shape index (κ1) is 20.7. The Labute approximate surface area is 160 Å². The van der Waals surface area contributed by atoms with Crippen LogP contribution in [0.25, 0.3) is 0 Å². The van der Waals surface area contributed by atoms with E-state index in [-0.39, 0.29) is 24.3 Å². The predicted octanol–water partition coefficient (Wildman–Crippen LogP) is 2.85. The number of hydrogen-bond acceptors (Lipinski definition) is 5. The third-order valence-electron chi connectivity index (χ3n) is 4.56. The molecule has 0 unspecified atom stereocenters. The molecule has 1 aromatic rings. The number of piperidine rings is 1. The number of nitrogens with one attached hydrogen (secondary N) is 1. The maximum atomic E-state index is 12.6. The van der Waals surface area contributed by atoms with Crippen molar-refractivity contribution in [1.82, 2.24) is 10.2 Å². The highest BCUT2D eigenvalue weighted by Gasteiger charge is 2.24. The Morgan fingerprint density at radius 2 is 1.78 bits per heavy atom. The minimum absolute atomic E-state index is 0.0116. The van der Waals surface area contributed by atoms with Crippen LogP contribution in [0.5, 0.6) is 5.75 Å². The lowest BCUT2D eigenvalue weighted by atomic mass is 9.96. The highest BCUT2D eigenvalue weighted by molar-refractivity contribution is 5.94. The Hall–Kier alpha value is -2.57. The molecule has 0 aromatic heterocycles. The highest BCUT2D eigenvalue weighted by Crippen LogP contribution is 2.20. The van der Waals surface area contributed by atoms with Crippen molar-refractivity contribution in [3.63, 3.8) is 0 Å². The molecule has 1 aliphatic heterocycles. The summed E-state index contributed by atoms with van der Waals surface area (Å²) in [6.45, 7) is 7.69. The molecular weight excluding hydrogens is 348 g/mol. The third kappa shape index (κ3) is 6.27. The predicted molar refractivity (Wildman–Crippen MR) is 101 cm³/mol. The summed E-state index contributed by atoms with van der Waals surface area (Å²) in [6.07, 6.45) is 0.978. The number of amides is 2. The van der Waals surface area contributed by atoms with Crippen molar-refractivity contribution in [1.29, 1.82) is 0 Å². The van der Waals surface area contributed by atoms with Crippen LogP contribution in [-0.4, -0.2) is 49.1 Å². The van der Waals surface area contributed by atoms with Crippen molar-refractivity contribution in [3.05, 3.63) is 29.8 Å². The van der Waals surface area contributed by atoms with Crippen LogP contribution in [0.3, 0.4) is 0 Å². The fourth-order valence-corrected chi connectivity index (χ4v) is 2.88. The van der Waals surface area contributed by atoms with Gasteiger partial charge in [-0.05, 0) is 49.9 Å². The summed E-state index contributed by atoms with van der Waals surface area (Å²) >= 11 is 0. The van der Waals surface area contributed by atoms with Crippen molar-refractivity contribution >= 4 is 18.0 Å². The normalized spacial score (nSPS) is 14.7. The van der Waals surface area contributed by atoms with E-state index in [1.54, 1.807) is 31.2 Å². The van der Waals surface area contributed by atoms with E-state index in [0.29, 0.717) is 36.9 Å². The summed E-state index contributed by atoms with van der Waals surface area (Å²) in [5.74, 6) is 0.755. The van der Waals surface area contributed by atoms with Gasteiger partial charge in [-0.15, -0.1) is 0 Å². The van der Waals surface area contributed by atoms with E-state index >= 15 is 0 Å². The van der Waals surface area contributed by atoms with Gasteiger partial charge in [-0.1, -0.05) is 13.8 Å². The van der Waals surface area contributed by atoms with Crippen LogP contribution in [0.4, 0.5) is 4.79 Å². The van der Waals surface area contributed by atoms with Crippen molar-refractivity contribution in [3.8, 4) is 5.75 Å². The Morgan fingerprint density at radius 3 is 2.33 bits per heavy atom. The summed E-state index contributed by atoms with van der Waals surface area (Å²) in [5, 5.41) is 2.96. The standard InChI is InChI=1S/C20H28N2O5/c1-4-26-20(25)27-17-7-5-16(6-8-17)19(24)22-11-9-15(10-12-22)13-21-18(23)14(2)3/h5-8,14-15H,4,9-13H2,1-3H3,(H,21,23). The number of carbonyl (C=O) groups excluding carboxylic acids is 3. The smallest absolute Gasteiger partial charge is 0.434 e. The average Bonchev–Trinajstić information content (AvgIpc) is 2.66. The first-order valence-electron chi connectivity index (χ1n) is 9.42. The maximum absolute atomic E-state index is 12.6. The first-order valence-corrected chi connectivity index (χ1v) is 9.42. The number of hydrogen-bond donors (Lipinski definition) is 1. The van der Waals surface area contributed by atoms with E-state index in [0.717, 1.165) is 12.8 Å². The molecule has 2 rings (SSSR count). The molecule has 1 aromatic carbocycles. The van der Waals surface area contributed by atoms with E-state index in [2.05, 4.69) is 5.32 Å². The second-order valence-electron chi connectivity index (χ2n) is 6.94. The van der Waals surface area contributed by atoms with E-state index in [1.807, 2.05) is 18.7 Å². The molecular formula is C20H28N2O5. The number of benzene rings is 1. The summed E-state index contributed by atoms with van der Waals surface area (Å²) in [5.41, 5.74) is 0.553. The molecule has 1 aliphatic rings. The molecule has 1 fully saturated rings. The van der Waals surface area contributed by atoms with Gasteiger partial charge in [-0.3, -0.25) is 9.59 Å². The Balaban J connectivity index is 1.81. The second kappa shape index (κ2) is 9.94. The van der Waals surface area contributed by atoms with Gasteiger partial charge in [0.25, 0.3) is 5.91 Å². The van der Waals surface area contributed by atoms with Crippen LogP contribution in [0.15, 0.2) is 24.3 Å². The third-order valence-corrected chi connectivity index (χ3v) is 4.56. The highest BCUT2D eigenvalue weighted by atomic mass is 16.7. The van der Waals surface area contributed by atoms with Crippen molar-refractivity contribution in [2.24, 2.45) is 11.8 Å². The zero-order chi connectivity index (χ0) is 19.8. The molecule has 27 heavy (non-hydrogen) atoms. The van der Waals surface area contributed by atoms with E-state index in [9.17, 15) is 14.4 Å². The molecule has 148 valence electrons. The van der Waals surface area contributed by atoms with Gasteiger partial charge in [0.1, 0.15) is 5.75 Å². The number of rotatable bonds is 6. The fraction of sp³-hybridized carbons (Fsp3) is 0.550. The van der Waals surface area contributed by atoms with Gasteiger partial charge in [0.15, 0.2) is 0 Å². The Kier molecular flexibility index (Phi) is 7.64. The van der Waals surface area contributed by atoms with Crippen LogP contribution in [0.2, 0.25) is 0 Å². The van der Waals surface area contributed by atoms with Gasteiger partial charge in [-0.2, -0.15) is 0 Å². The summed E-state index contributed by atoms with van der Waals surface area (Å²) in [4.78, 5) is 37.4. The summed E-state index contributed by atoms with van der Waals surface area (Å²) < 4.78 is 9.71. The number of ether oxygens (including phenoxy) is 2. The van der Waals surface area contributed by atoms with Gasteiger partial charge in [0.05, 0.1) is 6.61 Å². The van der Waals surface area contributed by atoms with E-state index < -0.39 is 6.16 Å². The largest absolute Gasteiger partial charge is 0.513 e. The van der Waals surface area contributed by atoms with Gasteiger partial charge in [0.2, 0.25) is 5.91 Å². The van der Waals surface area contributed by atoms with Gasteiger partial charge < -0.3 is 19.7 Å². The molecule has 2 amide bonds. The van der Waals surface area contributed by atoms with Crippen LogP contribution in [-0.2, 0) is 9.53 Å². The Morgan fingerprint density at radius 1 is 1.15 bits per heavy atom. The quantitative estimate of drug-likeness (QED) is 0.610. The van der Waals surface area contributed by atoms with Gasteiger partial charge >= 0.3 is 6.16 Å². The van der Waals surface area contributed by atoms with Crippen LogP contribution in [0, 0.1) is 11.8 Å². The molecule has 0 saturated carbocycles. The monoisotopic (exact) mass is 376 g/mol. The SMILES string of the molecule is CCOC(=O)Oc1ccc(C(=O)N2CCC(CNC(=O)C(C)C)CC2)cc1. The molecule has 0 bridgehead atoms. The lowest BCUT2D eigenvalue weighted by Gasteiger charge is -2.32. The molecule has 7 heteroatoms. The topological polar surface area (TPSA) is 84.9 Å². The molecule has 1 heterocycles. The molecule has 0 aliphatic carbocycles. The van der Waals surface area contributed by atoms with Gasteiger partial charge in [-0.25, -0.2) is 4.79 Å². The summed E-state index contributed by atoms with van der Waals surface area (Å²) in [7, 11) is 0. The zero-order valence-electron chi connectivity index (χ0n) is 16.2. The lowest BCUT2D eigenvalue weighted by molar-refractivity contribution is -0.124. The van der Waals surface area contributed by atoms with Crippen LogP contribution >= 0.6 is 0 Å². The van der Waals surface area contributed by atoms with E-state index in [1.165, 1.54) is 0 Å². The molecule has 0 atom stereocenters. The van der Waals surface area contributed by atoms with Crippen molar-refractivity contribution < 1.29 is 23.9 Å². The molecule has 7 nitrogen and oxygen atoms in total. The molecule has 1 saturated heterocycles. The summed E-state index contributed by atoms with van der Waals surface area (Å²) in [6, 6.07) is 6.45. The second-order valence-corrected chi connectivity index (χ2v) is 6.94. The minimum Gasteiger partial charge on any atom is -0.434 e. The average molecular weight is 376 g/mol. The van der Waals surface area contributed by atoms with E-state index in [4.69, 9.17) is 9.47 Å². The van der Waals surface area contributed by atoms with Crippen molar-refractivity contribution in [2.75, 3.05) is 26.2 Å². The number of likely N-dealkylation sites (tertiary alicyclic amines) is 1. The fourth-order valence-electron chi connectivity index (χ4n) is 2.88. The van der Waals surface area contributed by atoms with Crippen LogP contribution in [0.1, 0.15) is 44.0 Å². The minimum atomic E-state index is -0.761. The molecule has 0 spiro atoms. The Bertz CT molecular complexity index is 649. The number of nitrogens with zero attached hydrogens (tertiary/aromatic N) is 1. The molecule has 1 N–H and O–H groups in total. The van der Waals surface area contributed by atoms with Gasteiger partial charge in [0, 0.05) is 31.1 Å². The maximum Gasteiger partial charge on any atom is 0.513 e. The first-order chi connectivity index (χ1) is 12.9. The van der Waals surface area contributed by atoms with Crippen molar-refractivity contribution in [2.45, 2.75) is 33.6 Å². The van der Waals surface area contributed by atoms with Crippen LogP contribution < -0.4 is 10.1 Å².